The van der Waals surface area contributed by atoms with Crippen molar-refractivity contribution in [1.29, 1.82) is 0 Å². The minimum Gasteiger partial charge on any atom is -0.326 e. The molecule has 0 saturated heterocycles. The van der Waals surface area contributed by atoms with Gasteiger partial charge in [0.05, 0.1) is 0 Å². The number of aromatic nitrogens is 1. The Kier molecular flexibility index (Phi) is 4.08. The Morgan fingerprint density at radius 3 is 3.10 bits per heavy atom. The van der Waals surface area contributed by atoms with E-state index >= 15 is 0 Å². The Morgan fingerprint density at radius 1 is 1.35 bits per heavy atom. The number of nitrogens with two attached hydrogens (primary N) is 1. The lowest BCUT2D eigenvalue weighted by Gasteiger charge is -2.19. The van der Waals surface area contributed by atoms with Gasteiger partial charge in [-0.2, -0.15) is 0 Å². The van der Waals surface area contributed by atoms with Crippen LogP contribution in [0.2, 0.25) is 0 Å². The van der Waals surface area contributed by atoms with Gasteiger partial charge in [0.15, 0.2) is 0 Å². The van der Waals surface area contributed by atoms with Gasteiger partial charge in [-0.3, -0.25) is 4.98 Å². The number of nitrogens with zero attached hydrogens (tertiary/aromatic N) is 1. The van der Waals surface area contributed by atoms with Crippen molar-refractivity contribution >= 4 is 11.8 Å². The van der Waals surface area contributed by atoms with Gasteiger partial charge in [0.2, 0.25) is 0 Å². The largest absolute Gasteiger partial charge is 0.326 e. The summed E-state index contributed by atoms with van der Waals surface area (Å²) in [4.78, 5) is 5.85. The monoisotopic (exact) mass is 284 g/mol. The van der Waals surface area contributed by atoms with Gasteiger partial charge >= 0.3 is 0 Å². The lowest BCUT2D eigenvalue weighted by Crippen LogP contribution is -2.30. The second-order valence-electron chi connectivity index (χ2n) is 5.48. The molecule has 0 fully saturated rings. The van der Waals surface area contributed by atoms with E-state index in [2.05, 4.69) is 42.2 Å². The number of rotatable bonds is 4. The van der Waals surface area contributed by atoms with E-state index in [1.807, 2.05) is 24.0 Å². The Balaban J connectivity index is 1.65. The lowest BCUT2D eigenvalue weighted by molar-refractivity contribution is 0.561. The first kappa shape index (κ1) is 13.7. The molecule has 1 aromatic heterocycles. The van der Waals surface area contributed by atoms with Gasteiger partial charge in [-0.15, -0.1) is 11.8 Å². The summed E-state index contributed by atoms with van der Waals surface area (Å²) in [6.45, 7) is 2.13. The number of hydrogen-bond acceptors (Lipinski definition) is 3. The van der Waals surface area contributed by atoms with Crippen molar-refractivity contribution in [2.75, 3.05) is 5.75 Å². The Morgan fingerprint density at radius 2 is 2.25 bits per heavy atom. The van der Waals surface area contributed by atoms with Crippen LogP contribution in [0.25, 0.3) is 0 Å². The number of hydrogen-bond donors (Lipinski definition) is 1. The van der Waals surface area contributed by atoms with Gasteiger partial charge in [0.25, 0.3) is 0 Å². The molecule has 1 aliphatic rings. The van der Waals surface area contributed by atoms with E-state index in [0.29, 0.717) is 5.92 Å². The van der Waals surface area contributed by atoms with E-state index in [4.69, 9.17) is 5.73 Å². The van der Waals surface area contributed by atoms with Crippen molar-refractivity contribution in [3.63, 3.8) is 0 Å². The Hall–Kier alpha value is -1.32. The summed E-state index contributed by atoms with van der Waals surface area (Å²) in [5, 5.41) is 0. The fourth-order valence-electron chi connectivity index (χ4n) is 2.87. The number of fused-ring (bicyclic) bond motifs is 1. The summed E-state index contributed by atoms with van der Waals surface area (Å²) >= 11 is 1.85. The fraction of sp³-hybridized carbons (Fsp3) is 0.353. The highest BCUT2D eigenvalue weighted by Gasteiger charge is 2.28. The molecule has 3 heteroatoms. The van der Waals surface area contributed by atoms with Crippen LogP contribution in [0, 0.1) is 6.92 Å². The van der Waals surface area contributed by atoms with Crippen LogP contribution in [0.15, 0.2) is 47.5 Å². The third-order valence-corrected chi connectivity index (χ3v) is 5.09. The van der Waals surface area contributed by atoms with Crippen LogP contribution in [0.4, 0.5) is 0 Å². The van der Waals surface area contributed by atoms with Crippen molar-refractivity contribution in [3.8, 4) is 0 Å². The summed E-state index contributed by atoms with van der Waals surface area (Å²) in [6.07, 6.45) is 4.15. The van der Waals surface area contributed by atoms with Crippen LogP contribution in [-0.4, -0.2) is 16.8 Å². The fourth-order valence-corrected chi connectivity index (χ4v) is 3.94. The molecule has 20 heavy (non-hydrogen) atoms. The van der Waals surface area contributed by atoms with E-state index in [9.17, 15) is 0 Å². The van der Waals surface area contributed by atoms with Gasteiger partial charge in [0, 0.05) is 34.5 Å². The molecule has 0 aliphatic heterocycles. The maximum absolute atomic E-state index is 6.42. The van der Waals surface area contributed by atoms with Crippen molar-refractivity contribution in [2.45, 2.75) is 36.6 Å². The zero-order valence-electron chi connectivity index (χ0n) is 11.8. The van der Waals surface area contributed by atoms with Crippen LogP contribution < -0.4 is 5.73 Å². The molecular formula is C17H20N2S. The quantitative estimate of drug-likeness (QED) is 0.873. The predicted octanol–water partition coefficient (Wildman–Crippen LogP) is 3.54. The average molecular weight is 284 g/mol. The minimum absolute atomic E-state index is 0.177. The highest BCUT2D eigenvalue weighted by Crippen LogP contribution is 2.34. The van der Waals surface area contributed by atoms with Crippen LogP contribution in [0.5, 0.6) is 0 Å². The van der Waals surface area contributed by atoms with Crippen LogP contribution in [0.1, 0.15) is 29.2 Å². The number of pyridine rings is 1. The second kappa shape index (κ2) is 5.98. The van der Waals surface area contributed by atoms with E-state index < -0.39 is 0 Å². The highest BCUT2D eigenvalue weighted by atomic mass is 32.2. The topological polar surface area (TPSA) is 38.9 Å². The van der Waals surface area contributed by atoms with Crippen LogP contribution >= 0.6 is 11.8 Å². The maximum Gasteiger partial charge on any atom is 0.0482 e. The highest BCUT2D eigenvalue weighted by molar-refractivity contribution is 7.99. The standard InChI is InChI=1S/C17H20N2S/c1-12-4-2-6-14(10-12)20-11-16(18)15-8-7-13-5-3-9-19-17(13)15/h2-6,9-10,15-16H,7-8,11,18H2,1H3. The molecular weight excluding hydrogens is 264 g/mol. The summed E-state index contributed by atoms with van der Waals surface area (Å²) in [5.74, 6) is 1.37. The van der Waals surface area contributed by atoms with Gasteiger partial charge < -0.3 is 5.73 Å². The van der Waals surface area contributed by atoms with Gasteiger partial charge in [-0.25, -0.2) is 0 Å². The summed E-state index contributed by atoms with van der Waals surface area (Å²) in [7, 11) is 0. The van der Waals surface area contributed by atoms with E-state index in [-0.39, 0.29) is 6.04 Å². The number of benzene rings is 1. The van der Waals surface area contributed by atoms with Crippen LogP contribution in [-0.2, 0) is 6.42 Å². The Bertz CT molecular complexity index is 597. The molecule has 2 atom stereocenters. The average Bonchev–Trinajstić information content (AvgIpc) is 2.89. The van der Waals surface area contributed by atoms with E-state index in [0.717, 1.165) is 18.6 Å². The molecule has 3 rings (SSSR count). The molecule has 2 nitrogen and oxygen atoms in total. The third kappa shape index (κ3) is 2.89. The first-order chi connectivity index (χ1) is 9.74. The molecule has 1 heterocycles. The zero-order valence-corrected chi connectivity index (χ0v) is 12.6. The van der Waals surface area contributed by atoms with Crippen molar-refractivity contribution in [1.82, 2.24) is 4.98 Å². The van der Waals surface area contributed by atoms with E-state index in [1.54, 1.807) is 0 Å². The van der Waals surface area contributed by atoms with Crippen molar-refractivity contribution < 1.29 is 0 Å². The predicted molar refractivity (Wildman–Crippen MR) is 85.2 cm³/mol. The van der Waals surface area contributed by atoms with Gasteiger partial charge in [-0.1, -0.05) is 23.8 Å². The smallest absolute Gasteiger partial charge is 0.0482 e. The molecule has 0 saturated carbocycles. The normalized spacial score (nSPS) is 18.8. The molecule has 1 aromatic carbocycles. The van der Waals surface area contributed by atoms with Crippen LogP contribution in [0.3, 0.4) is 0 Å². The second-order valence-corrected chi connectivity index (χ2v) is 6.58. The summed E-state index contributed by atoms with van der Waals surface area (Å²) in [5.41, 5.74) is 10.3. The molecule has 1 aliphatic carbocycles. The molecule has 0 amide bonds. The molecule has 0 bridgehead atoms. The first-order valence-electron chi connectivity index (χ1n) is 7.13. The number of aryl methyl sites for hydroxylation is 2. The van der Waals surface area contributed by atoms with Crippen molar-refractivity contribution in [3.05, 3.63) is 59.4 Å². The molecule has 2 N–H and O–H groups in total. The Labute approximate surface area is 124 Å². The van der Waals surface area contributed by atoms with Crippen molar-refractivity contribution in [2.24, 2.45) is 5.73 Å². The first-order valence-corrected chi connectivity index (χ1v) is 8.11. The summed E-state index contributed by atoms with van der Waals surface area (Å²) in [6, 6.07) is 13.0. The third-order valence-electron chi connectivity index (χ3n) is 3.95. The van der Waals surface area contributed by atoms with Gasteiger partial charge in [0.1, 0.15) is 0 Å². The number of thioether (sulfide) groups is 1. The lowest BCUT2D eigenvalue weighted by atomic mass is 9.99. The van der Waals surface area contributed by atoms with E-state index in [1.165, 1.54) is 21.7 Å². The molecule has 2 aromatic rings. The molecule has 0 radical (unpaired) electrons. The maximum atomic E-state index is 6.42. The minimum atomic E-state index is 0.177. The SMILES string of the molecule is Cc1cccc(SCC(N)C2CCc3cccnc32)c1. The van der Waals surface area contributed by atoms with Gasteiger partial charge in [-0.05, 0) is 43.5 Å². The molecule has 0 spiro atoms. The molecule has 104 valence electrons. The summed E-state index contributed by atoms with van der Waals surface area (Å²) < 4.78 is 0. The zero-order chi connectivity index (χ0) is 13.9. The molecule has 2 unspecified atom stereocenters.